The number of hydrogen-bond acceptors (Lipinski definition) is 3. The highest BCUT2D eigenvalue weighted by molar-refractivity contribution is 7.95. The number of sulfonamides is 1. The van der Waals surface area contributed by atoms with Crippen LogP contribution in [-0.2, 0) is 14.8 Å². The molecule has 1 aliphatic carbocycles. The minimum Gasteiger partial charge on any atom is -0.268 e. The Morgan fingerprint density at radius 2 is 2.21 bits per heavy atom. The highest BCUT2D eigenvalue weighted by Gasteiger charge is 2.37. The molecular formula is C9H9NO3S. The van der Waals surface area contributed by atoms with Crippen molar-refractivity contribution in [3.63, 3.8) is 0 Å². The van der Waals surface area contributed by atoms with Crippen molar-refractivity contribution in [2.75, 3.05) is 0 Å². The normalized spacial score (nSPS) is 26.6. The molecule has 0 aromatic heterocycles. The summed E-state index contributed by atoms with van der Waals surface area (Å²) in [5.41, 5.74) is 1.18. The van der Waals surface area contributed by atoms with Gasteiger partial charge in [-0.15, -0.1) is 0 Å². The van der Waals surface area contributed by atoms with Crippen molar-refractivity contribution in [2.24, 2.45) is 0 Å². The molecule has 1 amide bonds. The number of allylic oxidation sites excluding steroid dienone is 4. The lowest BCUT2D eigenvalue weighted by Crippen LogP contribution is -2.20. The Balaban J connectivity index is 2.62. The SMILES string of the molecule is C/C=C1/C=C2C(=CC1)C(=O)NS2(=O)=O. The first-order chi connectivity index (χ1) is 6.54. The van der Waals surface area contributed by atoms with E-state index in [-0.39, 0.29) is 10.5 Å². The predicted molar refractivity (Wildman–Crippen MR) is 51.6 cm³/mol. The number of amides is 1. The molecule has 4 nitrogen and oxygen atoms in total. The van der Waals surface area contributed by atoms with Crippen molar-refractivity contribution >= 4 is 15.9 Å². The fourth-order valence-corrected chi connectivity index (χ4v) is 2.72. The highest BCUT2D eigenvalue weighted by Crippen LogP contribution is 2.30. The minimum atomic E-state index is -3.59. The molecule has 0 aromatic carbocycles. The van der Waals surface area contributed by atoms with Crippen molar-refractivity contribution in [1.82, 2.24) is 4.72 Å². The number of nitrogens with one attached hydrogen (secondary N) is 1. The number of carbonyl (C=O) groups excluding carboxylic acids is 1. The molecule has 0 unspecified atom stereocenters. The van der Waals surface area contributed by atoms with E-state index in [9.17, 15) is 13.2 Å². The number of carbonyl (C=O) groups is 1. The second kappa shape index (κ2) is 2.81. The van der Waals surface area contributed by atoms with E-state index in [0.717, 1.165) is 5.57 Å². The van der Waals surface area contributed by atoms with E-state index in [4.69, 9.17) is 0 Å². The van der Waals surface area contributed by atoms with Crippen LogP contribution in [0.2, 0.25) is 0 Å². The van der Waals surface area contributed by atoms with Crippen LogP contribution in [0.1, 0.15) is 13.3 Å². The first-order valence-corrected chi connectivity index (χ1v) is 5.67. The van der Waals surface area contributed by atoms with Crippen molar-refractivity contribution < 1.29 is 13.2 Å². The lowest BCUT2D eigenvalue weighted by molar-refractivity contribution is -0.115. The molecule has 1 N–H and O–H groups in total. The van der Waals surface area contributed by atoms with E-state index in [1.807, 2.05) is 17.7 Å². The van der Waals surface area contributed by atoms with Crippen LogP contribution in [0.25, 0.3) is 0 Å². The Morgan fingerprint density at radius 1 is 1.50 bits per heavy atom. The monoisotopic (exact) mass is 211 g/mol. The first-order valence-electron chi connectivity index (χ1n) is 4.19. The van der Waals surface area contributed by atoms with E-state index in [1.54, 1.807) is 12.2 Å². The van der Waals surface area contributed by atoms with Gasteiger partial charge in [0.05, 0.1) is 5.57 Å². The summed E-state index contributed by atoms with van der Waals surface area (Å²) in [4.78, 5) is 11.3. The van der Waals surface area contributed by atoms with E-state index in [1.165, 1.54) is 0 Å². The largest absolute Gasteiger partial charge is 0.268 e. The van der Waals surface area contributed by atoms with Gasteiger partial charge in [0.15, 0.2) is 0 Å². The van der Waals surface area contributed by atoms with Crippen molar-refractivity contribution in [2.45, 2.75) is 13.3 Å². The van der Waals surface area contributed by atoms with Gasteiger partial charge in [0.1, 0.15) is 4.91 Å². The van der Waals surface area contributed by atoms with E-state index in [2.05, 4.69) is 0 Å². The Morgan fingerprint density at radius 3 is 2.86 bits per heavy atom. The van der Waals surface area contributed by atoms with E-state index in [0.29, 0.717) is 6.42 Å². The summed E-state index contributed by atoms with van der Waals surface area (Å²) in [5.74, 6) is -0.522. The van der Waals surface area contributed by atoms with Gasteiger partial charge in [-0.2, -0.15) is 0 Å². The predicted octanol–water partition coefficient (Wildman–Crippen LogP) is 0.606. The molecule has 1 saturated heterocycles. The molecule has 0 aromatic rings. The molecule has 1 aliphatic heterocycles. The van der Waals surface area contributed by atoms with Crippen molar-refractivity contribution in [3.8, 4) is 0 Å². The van der Waals surface area contributed by atoms with Crippen LogP contribution in [0.15, 0.2) is 34.3 Å². The fraction of sp³-hybridized carbons (Fsp3) is 0.222. The maximum absolute atomic E-state index is 11.4. The average Bonchev–Trinajstić information content (AvgIpc) is 2.37. The standard InChI is InChI=1S/C9H9NO3S/c1-2-6-3-4-7-8(5-6)14(12,13)10-9(7)11/h2,4-5H,3H2,1H3,(H,10,11)/b6-2+. The van der Waals surface area contributed by atoms with Gasteiger partial charge in [-0.05, 0) is 25.0 Å². The summed E-state index contributed by atoms with van der Waals surface area (Å²) >= 11 is 0. The summed E-state index contributed by atoms with van der Waals surface area (Å²) in [7, 11) is -3.59. The lowest BCUT2D eigenvalue weighted by atomic mass is 10.0. The van der Waals surface area contributed by atoms with Gasteiger partial charge >= 0.3 is 0 Å². The van der Waals surface area contributed by atoms with Crippen LogP contribution in [0.3, 0.4) is 0 Å². The zero-order valence-corrected chi connectivity index (χ0v) is 8.39. The third-order valence-electron chi connectivity index (χ3n) is 2.26. The summed E-state index contributed by atoms with van der Waals surface area (Å²) in [6, 6.07) is 0. The topological polar surface area (TPSA) is 63.2 Å². The maximum atomic E-state index is 11.4. The zero-order chi connectivity index (χ0) is 10.3. The smallest absolute Gasteiger partial charge is 0.266 e. The summed E-state index contributed by atoms with van der Waals surface area (Å²) < 4.78 is 24.7. The fourth-order valence-electron chi connectivity index (χ4n) is 1.49. The average molecular weight is 211 g/mol. The molecule has 0 saturated carbocycles. The van der Waals surface area contributed by atoms with Crippen LogP contribution in [0, 0.1) is 0 Å². The van der Waals surface area contributed by atoms with Gasteiger partial charge in [-0.25, -0.2) is 13.1 Å². The van der Waals surface area contributed by atoms with Gasteiger partial charge in [0.25, 0.3) is 15.9 Å². The number of hydrogen-bond donors (Lipinski definition) is 1. The molecule has 0 bridgehead atoms. The van der Waals surface area contributed by atoms with Gasteiger partial charge in [-0.3, -0.25) is 4.79 Å². The second-order valence-electron chi connectivity index (χ2n) is 3.13. The van der Waals surface area contributed by atoms with Crippen LogP contribution in [0.4, 0.5) is 0 Å². The van der Waals surface area contributed by atoms with Crippen LogP contribution < -0.4 is 4.72 Å². The van der Waals surface area contributed by atoms with Crippen molar-refractivity contribution in [1.29, 1.82) is 0 Å². The third-order valence-corrected chi connectivity index (χ3v) is 3.63. The molecule has 1 heterocycles. The second-order valence-corrected chi connectivity index (χ2v) is 4.78. The molecular weight excluding hydrogens is 202 g/mol. The van der Waals surface area contributed by atoms with E-state index < -0.39 is 15.9 Å². The van der Waals surface area contributed by atoms with Gasteiger partial charge in [0.2, 0.25) is 0 Å². The summed E-state index contributed by atoms with van der Waals surface area (Å²) in [6.07, 6.45) is 5.63. The third kappa shape index (κ3) is 1.21. The van der Waals surface area contributed by atoms with E-state index >= 15 is 0 Å². The number of fused-ring (bicyclic) bond motifs is 1. The molecule has 0 spiro atoms. The molecule has 74 valence electrons. The molecule has 5 heteroatoms. The Labute approximate surface area is 82.1 Å². The summed E-state index contributed by atoms with van der Waals surface area (Å²) in [5, 5.41) is 0. The Hall–Kier alpha value is -1.36. The maximum Gasteiger partial charge on any atom is 0.266 e. The van der Waals surface area contributed by atoms with Gasteiger partial charge < -0.3 is 0 Å². The first kappa shape index (κ1) is 9.21. The molecule has 2 rings (SSSR count). The van der Waals surface area contributed by atoms with Gasteiger partial charge in [0, 0.05) is 0 Å². The van der Waals surface area contributed by atoms with Gasteiger partial charge in [-0.1, -0.05) is 12.2 Å². The minimum absolute atomic E-state index is 0.0989. The van der Waals surface area contributed by atoms with Crippen molar-refractivity contribution in [3.05, 3.63) is 34.3 Å². The highest BCUT2D eigenvalue weighted by atomic mass is 32.2. The molecule has 0 atom stereocenters. The molecule has 2 aliphatic rings. The van der Waals surface area contributed by atoms with Crippen LogP contribution in [0.5, 0.6) is 0 Å². The summed E-state index contributed by atoms with van der Waals surface area (Å²) in [6.45, 7) is 1.84. The quantitative estimate of drug-likeness (QED) is 0.638. The molecule has 1 fully saturated rings. The number of rotatable bonds is 0. The zero-order valence-electron chi connectivity index (χ0n) is 7.57. The Bertz CT molecular complexity index is 494. The molecule has 0 radical (unpaired) electrons. The van der Waals surface area contributed by atoms with Crippen LogP contribution >= 0.6 is 0 Å². The lowest BCUT2D eigenvalue weighted by Gasteiger charge is -2.06. The Kier molecular flexibility index (Phi) is 1.85. The van der Waals surface area contributed by atoms with Crippen LogP contribution in [-0.4, -0.2) is 14.3 Å². The molecule has 14 heavy (non-hydrogen) atoms.